The third-order valence-electron chi connectivity index (χ3n) is 4.68. The second-order valence-electron chi connectivity index (χ2n) is 6.81. The molecule has 0 amide bonds. The molecule has 0 unspecified atom stereocenters. The molecule has 0 radical (unpaired) electrons. The molecule has 156 valence electrons. The molecule has 3 aromatic rings. The van der Waals surface area contributed by atoms with Gasteiger partial charge < -0.3 is 14.2 Å². The summed E-state index contributed by atoms with van der Waals surface area (Å²) in [5.41, 5.74) is 2.12. The smallest absolute Gasteiger partial charge is 0.269 e. The van der Waals surface area contributed by atoms with Crippen LogP contribution in [0.5, 0.6) is 17.2 Å². The van der Waals surface area contributed by atoms with Gasteiger partial charge in [0.2, 0.25) is 5.78 Å². The number of nitro benzene ring substituents is 1. The van der Waals surface area contributed by atoms with E-state index < -0.39 is 4.92 Å². The van der Waals surface area contributed by atoms with Crippen LogP contribution in [0.2, 0.25) is 0 Å². The van der Waals surface area contributed by atoms with E-state index in [2.05, 4.69) is 0 Å². The van der Waals surface area contributed by atoms with Gasteiger partial charge in [0.1, 0.15) is 23.9 Å². The lowest BCUT2D eigenvalue weighted by molar-refractivity contribution is -0.384. The molecule has 1 heterocycles. The average molecular weight is 417 g/mol. The number of ether oxygens (including phenoxy) is 3. The second kappa shape index (κ2) is 8.71. The molecular weight excluding hydrogens is 398 g/mol. The average Bonchev–Trinajstić information content (AvgIpc) is 3.08. The van der Waals surface area contributed by atoms with Gasteiger partial charge in [-0.15, -0.1) is 0 Å². The number of hydrogen-bond acceptors (Lipinski definition) is 6. The van der Waals surface area contributed by atoms with E-state index in [0.717, 1.165) is 16.9 Å². The Morgan fingerprint density at radius 3 is 2.35 bits per heavy atom. The highest BCUT2D eigenvalue weighted by molar-refractivity contribution is 6.14. The van der Waals surface area contributed by atoms with Crippen LogP contribution >= 0.6 is 0 Å². The fourth-order valence-electron chi connectivity index (χ4n) is 3.12. The number of ketones is 1. The van der Waals surface area contributed by atoms with E-state index in [1.54, 1.807) is 36.4 Å². The molecule has 1 aliphatic heterocycles. The monoisotopic (exact) mass is 417 g/mol. The van der Waals surface area contributed by atoms with Crippen LogP contribution in [0.1, 0.15) is 28.4 Å². The summed E-state index contributed by atoms with van der Waals surface area (Å²) in [5, 5.41) is 10.7. The Hall–Kier alpha value is -4.13. The van der Waals surface area contributed by atoms with Gasteiger partial charge in [0.25, 0.3) is 5.69 Å². The largest absolute Gasteiger partial charge is 0.494 e. The van der Waals surface area contributed by atoms with E-state index in [4.69, 9.17) is 14.2 Å². The first-order valence-electron chi connectivity index (χ1n) is 9.71. The molecule has 0 saturated carbocycles. The molecule has 0 N–H and O–H groups in total. The number of benzene rings is 3. The quantitative estimate of drug-likeness (QED) is 0.299. The molecule has 0 aliphatic carbocycles. The predicted molar refractivity (Wildman–Crippen MR) is 114 cm³/mol. The van der Waals surface area contributed by atoms with Gasteiger partial charge in [0.05, 0.1) is 17.1 Å². The Morgan fingerprint density at radius 2 is 1.68 bits per heavy atom. The molecule has 0 spiro atoms. The zero-order valence-electron chi connectivity index (χ0n) is 16.7. The maximum absolute atomic E-state index is 12.6. The van der Waals surface area contributed by atoms with Crippen molar-refractivity contribution in [2.45, 2.75) is 13.5 Å². The van der Waals surface area contributed by atoms with Crippen molar-refractivity contribution in [2.75, 3.05) is 6.61 Å². The number of rotatable bonds is 7. The highest BCUT2D eigenvalue weighted by Gasteiger charge is 2.27. The molecule has 4 rings (SSSR count). The molecule has 1 aliphatic rings. The van der Waals surface area contributed by atoms with Crippen molar-refractivity contribution in [3.05, 3.63) is 99.3 Å². The molecule has 3 aromatic carbocycles. The van der Waals surface area contributed by atoms with E-state index in [9.17, 15) is 14.9 Å². The van der Waals surface area contributed by atoms with Crippen molar-refractivity contribution >= 4 is 17.5 Å². The molecule has 7 nitrogen and oxygen atoms in total. The van der Waals surface area contributed by atoms with Crippen molar-refractivity contribution in [3.63, 3.8) is 0 Å². The summed E-state index contributed by atoms with van der Waals surface area (Å²) in [4.78, 5) is 22.9. The molecule has 0 bridgehead atoms. The Kier molecular flexibility index (Phi) is 5.66. The summed E-state index contributed by atoms with van der Waals surface area (Å²) in [7, 11) is 0. The summed E-state index contributed by atoms with van der Waals surface area (Å²) >= 11 is 0. The van der Waals surface area contributed by atoms with Crippen LogP contribution in [0.4, 0.5) is 5.69 Å². The van der Waals surface area contributed by atoms with E-state index in [0.29, 0.717) is 23.7 Å². The van der Waals surface area contributed by atoms with Gasteiger partial charge in [0.15, 0.2) is 5.76 Å². The van der Waals surface area contributed by atoms with Gasteiger partial charge in [-0.2, -0.15) is 0 Å². The van der Waals surface area contributed by atoms with E-state index >= 15 is 0 Å². The number of carbonyl (C=O) groups excluding carboxylic acids is 1. The summed E-state index contributed by atoms with van der Waals surface area (Å²) in [6.07, 6.45) is 1.69. The zero-order valence-corrected chi connectivity index (χ0v) is 16.7. The van der Waals surface area contributed by atoms with Crippen molar-refractivity contribution in [3.8, 4) is 17.2 Å². The van der Waals surface area contributed by atoms with Crippen LogP contribution in [0.25, 0.3) is 6.08 Å². The first-order valence-corrected chi connectivity index (χ1v) is 9.71. The van der Waals surface area contributed by atoms with Crippen molar-refractivity contribution in [1.82, 2.24) is 0 Å². The number of allylic oxidation sites excluding steroid dienone is 1. The Morgan fingerprint density at radius 1 is 0.968 bits per heavy atom. The fourth-order valence-corrected chi connectivity index (χ4v) is 3.12. The molecule has 31 heavy (non-hydrogen) atoms. The van der Waals surface area contributed by atoms with Crippen LogP contribution in [-0.2, 0) is 6.61 Å². The normalized spacial score (nSPS) is 13.6. The van der Waals surface area contributed by atoms with Crippen LogP contribution in [0, 0.1) is 10.1 Å². The molecule has 0 aromatic heterocycles. The van der Waals surface area contributed by atoms with Gasteiger partial charge in [-0.3, -0.25) is 14.9 Å². The SMILES string of the molecule is CCOc1ccc(/C=C2\Oc3cc(OCc4ccc([N+](=O)[O-])cc4)ccc3C2=O)cc1. The number of Topliss-reactive ketones (excluding diaryl/α,β-unsaturated/α-hetero) is 1. The Balaban J connectivity index is 1.44. The van der Waals surface area contributed by atoms with Crippen molar-refractivity contribution in [1.29, 1.82) is 0 Å². The van der Waals surface area contributed by atoms with Crippen LogP contribution in [-0.4, -0.2) is 17.3 Å². The van der Waals surface area contributed by atoms with Gasteiger partial charge >= 0.3 is 0 Å². The number of non-ortho nitro benzene ring substituents is 1. The minimum atomic E-state index is -0.447. The molecule has 0 saturated heterocycles. The maximum Gasteiger partial charge on any atom is 0.269 e. The lowest BCUT2D eigenvalue weighted by Gasteiger charge is -2.07. The summed E-state index contributed by atoms with van der Waals surface area (Å²) in [5.74, 6) is 1.79. The summed E-state index contributed by atoms with van der Waals surface area (Å²) in [6.45, 7) is 2.74. The standard InChI is InChI=1S/C24H19NO6/c1-2-29-19-9-5-16(6-10-19)13-23-24(26)21-12-11-20(14-22(21)31-23)30-15-17-3-7-18(8-4-17)25(27)28/h3-14H,2,15H2,1H3/b23-13-. The van der Waals surface area contributed by atoms with Crippen LogP contribution < -0.4 is 14.2 Å². The molecule has 0 atom stereocenters. The third kappa shape index (κ3) is 4.56. The van der Waals surface area contributed by atoms with Crippen molar-refractivity contribution in [2.24, 2.45) is 0 Å². The number of hydrogen-bond donors (Lipinski definition) is 0. The fraction of sp³-hybridized carbons (Fsp3) is 0.125. The van der Waals surface area contributed by atoms with Crippen molar-refractivity contribution < 1.29 is 23.9 Å². The number of nitrogens with zero attached hydrogens (tertiary/aromatic N) is 1. The lowest BCUT2D eigenvalue weighted by Crippen LogP contribution is -1.98. The van der Waals surface area contributed by atoms with E-state index in [-0.39, 0.29) is 23.8 Å². The molecular formula is C24H19NO6. The third-order valence-corrected chi connectivity index (χ3v) is 4.68. The number of nitro groups is 1. The van der Waals surface area contributed by atoms with E-state index in [1.165, 1.54) is 12.1 Å². The second-order valence-corrected chi connectivity index (χ2v) is 6.81. The zero-order chi connectivity index (χ0) is 21.8. The van der Waals surface area contributed by atoms with Crippen LogP contribution in [0.15, 0.2) is 72.5 Å². The summed E-state index contributed by atoms with van der Waals surface area (Å²) < 4.78 is 16.9. The number of fused-ring (bicyclic) bond motifs is 1. The Labute approximate surface area is 178 Å². The highest BCUT2D eigenvalue weighted by Crippen LogP contribution is 2.35. The topological polar surface area (TPSA) is 87.9 Å². The first kappa shape index (κ1) is 20.2. The maximum atomic E-state index is 12.6. The Bertz CT molecular complexity index is 1150. The first-order chi connectivity index (χ1) is 15.0. The minimum absolute atomic E-state index is 0.0278. The summed E-state index contributed by atoms with van der Waals surface area (Å²) in [6, 6.07) is 18.6. The number of carbonyl (C=O) groups is 1. The molecule has 7 heteroatoms. The predicted octanol–water partition coefficient (Wildman–Crippen LogP) is 5.19. The highest BCUT2D eigenvalue weighted by atomic mass is 16.6. The lowest BCUT2D eigenvalue weighted by atomic mass is 10.1. The van der Waals surface area contributed by atoms with Gasteiger partial charge in [-0.25, -0.2) is 0 Å². The van der Waals surface area contributed by atoms with Gasteiger partial charge in [-0.05, 0) is 60.5 Å². The minimum Gasteiger partial charge on any atom is -0.494 e. The van der Waals surface area contributed by atoms with E-state index in [1.807, 2.05) is 31.2 Å². The van der Waals surface area contributed by atoms with Gasteiger partial charge in [-0.1, -0.05) is 12.1 Å². The molecule has 0 fully saturated rings. The van der Waals surface area contributed by atoms with Crippen LogP contribution in [0.3, 0.4) is 0 Å². The van der Waals surface area contributed by atoms with Gasteiger partial charge in [0, 0.05) is 18.2 Å².